The first-order valence-corrected chi connectivity index (χ1v) is 7.14. The van der Waals surface area contributed by atoms with E-state index in [1.807, 2.05) is 30.3 Å². The number of halogens is 2. The van der Waals surface area contributed by atoms with Gasteiger partial charge in [-0.25, -0.2) is 4.39 Å². The van der Waals surface area contributed by atoms with Gasteiger partial charge in [-0.05, 0) is 46.2 Å². The van der Waals surface area contributed by atoms with E-state index in [2.05, 4.69) is 28.1 Å². The summed E-state index contributed by atoms with van der Waals surface area (Å²) in [6, 6.07) is 18.4. The molecule has 1 unspecified atom stereocenters. The molecule has 0 aromatic heterocycles. The Hall–Kier alpha value is -1.71. The number of hydrogen-bond acceptors (Lipinski definition) is 1. The summed E-state index contributed by atoms with van der Waals surface area (Å²) in [5.74, 6) is -0.278. The Morgan fingerprint density at radius 3 is 2.45 bits per heavy atom. The lowest BCUT2D eigenvalue weighted by atomic mass is 9.97. The van der Waals surface area contributed by atoms with Gasteiger partial charge in [0, 0.05) is 4.47 Å². The summed E-state index contributed by atoms with van der Waals surface area (Å²) in [7, 11) is 0. The normalized spacial score (nSPS) is 12.6. The van der Waals surface area contributed by atoms with Gasteiger partial charge in [-0.3, -0.25) is 0 Å². The molecule has 20 heavy (non-hydrogen) atoms. The third-order valence-corrected chi connectivity index (χ3v) is 4.15. The average molecular weight is 330 g/mol. The second kappa shape index (κ2) is 5.35. The molecular formula is C17H13BrFN. The fourth-order valence-corrected chi connectivity index (χ4v) is 2.83. The van der Waals surface area contributed by atoms with Crippen molar-refractivity contribution >= 4 is 26.7 Å². The van der Waals surface area contributed by atoms with E-state index < -0.39 is 0 Å². The van der Waals surface area contributed by atoms with E-state index in [1.54, 1.807) is 6.07 Å². The van der Waals surface area contributed by atoms with Crippen LogP contribution in [0.5, 0.6) is 0 Å². The van der Waals surface area contributed by atoms with Gasteiger partial charge < -0.3 is 5.73 Å². The largest absolute Gasteiger partial charge is 0.320 e. The molecule has 100 valence electrons. The highest BCUT2D eigenvalue weighted by Gasteiger charge is 2.13. The van der Waals surface area contributed by atoms with E-state index in [9.17, 15) is 4.39 Å². The van der Waals surface area contributed by atoms with Gasteiger partial charge >= 0.3 is 0 Å². The van der Waals surface area contributed by atoms with Gasteiger partial charge in [-0.15, -0.1) is 0 Å². The third-order valence-electron chi connectivity index (χ3n) is 3.43. The molecule has 3 heteroatoms. The van der Waals surface area contributed by atoms with Crippen LogP contribution in [0, 0.1) is 5.82 Å². The minimum absolute atomic E-state index is 0.278. The van der Waals surface area contributed by atoms with Crippen LogP contribution in [-0.2, 0) is 0 Å². The van der Waals surface area contributed by atoms with Crippen molar-refractivity contribution in [1.29, 1.82) is 0 Å². The SMILES string of the molecule is NC(c1ccc2ccccc2c1)c1cc(F)ccc1Br. The van der Waals surface area contributed by atoms with E-state index in [0.29, 0.717) is 0 Å². The zero-order valence-electron chi connectivity index (χ0n) is 10.7. The quantitative estimate of drug-likeness (QED) is 0.718. The van der Waals surface area contributed by atoms with Crippen molar-refractivity contribution in [2.75, 3.05) is 0 Å². The second-order valence-electron chi connectivity index (χ2n) is 4.75. The molecular weight excluding hydrogens is 317 g/mol. The molecule has 1 atom stereocenters. The highest BCUT2D eigenvalue weighted by molar-refractivity contribution is 9.10. The molecule has 0 fully saturated rings. The van der Waals surface area contributed by atoms with Crippen molar-refractivity contribution < 1.29 is 4.39 Å². The van der Waals surface area contributed by atoms with Gasteiger partial charge in [0.2, 0.25) is 0 Å². The predicted molar refractivity (Wildman–Crippen MR) is 84.1 cm³/mol. The van der Waals surface area contributed by atoms with Crippen molar-refractivity contribution in [3.8, 4) is 0 Å². The molecule has 3 aromatic rings. The van der Waals surface area contributed by atoms with Crippen molar-refractivity contribution in [2.24, 2.45) is 5.73 Å². The van der Waals surface area contributed by atoms with E-state index in [1.165, 1.54) is 17.5 Å². The molecule has 0 saturated carbocycles. The maximum Gasteiger partial charge on any atom is 0.123 e. The Labute approximate surface area is 125 Å². The lowest BCUT2D eigenvalue weighted by molar-refractivity contribution is 0.623. The van der Waals surface area contributed by atoms with Gasteiger partial charge in [-0.1, -0.05) is 52.3 Å². The van der Waals surface area contributed by atoms with Crippen LogP contribution in [0.2, 0.25) is 0 Å². The molecule has 0 amide bonds. The van der Waals surface area contributed by atoms with Crippen molar-refractivity contribution in [3.05, 3.63) is 82.1 Å². The fourth-order valence-electron chi connectivity index (χ4n) is 2.33. The van der Waals surface area contributed by atoms with Crippen molar-refractivity contribution in [2.45, 2.75) is 6.04 Å². The first kappa shape index (κ1) is 13.3. The molecule has 3 aromatic carbocycles. The van der Waals surface area contributed by atoms with Crippen LogP contribution in [0.4, 0.5) is 4.39 Å². The Morgan fingerprint density at radius 1 is 0.900 bits per heavy atom. The maximum absolute atomic E-state index is 13.4. The summed E-state index contributed by atoms with van der Waals surface area (Å²) >= 11 is 3.43. The number of fused-ring (bicyclic) bond motifs is 1. The number of rotatable bonds is 2. The van der Waals surface area contributed by atoms with Gasteiger partial charge in [0.15, 0.2) is 0 Å². The molecule has 0 aliphatic carbocycles. The van der Waals surface area contributed by atoms with Crippen molar-refractivity contribution in [3.63, 3.8) is 0 Å². The zero-order valence-corrected chi connectivity index (χ0v) is 12.3. The molecule has 3 rings (SSSR count). The minimum Gasteiger partial charge on any atom is -0.320 e. The number of hydrogen-bond donors (Lipinski definition) is 1. The second-order valence-corrected chi connectivity index (χ2v) is 5.60. The fraction of sp³-hybridized carbons (Fsp3) is 0.0588. The molecule has 2 N–H and O–H groups in total. The maximum atomic E-state index is 13.4. The van der Waals surface area contributed by atoms with Crippen molar-refractivity contribution in [1.82, 2.24) is 0 Å². The van der Waals surface area contributed by atoms with Crippen LogP contribution in [-0.4, -0.2) is 0 Å². The molecule has 1 nitrogen and oxygen atoms in total. The third kappa shape index (κ3) is 2.47. The van der Waals surface area contributed by atoms with Crippen LogP contribution in [0.15, 0.2) is 65.1 Å². The molecule has 0 aliphatic rings. The Balaban J connectivity index is 2.07. The Morgan fingerprint density at radius 2 is 1.65 bits per heavy atom. The van der Waals surface area contributed by atoms with E-state index >= 15 is 0 Å². The summed E-state index contributed by atoms with van der Waals surface area (Å²) in [4.78, 5) is 0. The van der Waals surface area contributed by atoms with Crippen LogP contribution in [0.25, 0.3) is 10.8 Å². The summed E-state index contributed by atoms with van der Waals surface area (Å²) < 4.78 is 14.2. The van der Waals surface area contributed by atoms with Crippen LogP contribution < -0.4 is 5.73 Å². The van der Waals surface area contributed by atoms with Crippen LogP contribution in [0.1, 0.15) is 17.2 Å². The summed E-state index contributed by atoms with van der Waals surface area (Å²) in [6.45, 7) is 0. The van der Waals surface area contributed by atoms with Crippen LogP contribution >= 0.6 is 15.9 Å². The highest BCUT2D eigenvalue weighted by Crippen LogP contribution is 2.29. The van der Waals surface area contributed by atoms with Gasteiger partial charge in [-0.2, -0.15) is 0 Å². The average Bonchev–Trinajstić information content (AvgIpc) is 2.48. The lowest BCUT2D eigenvalue weighted by Crippen LogP contribution is -2.12. The van der Waals surface area contributed by atoms with E-state index in [-0.39, 0.29) is 11.9 Å². The van der Waals surface area contributed by atoms with E-state index in [0.717, 1.165) is 21.0 Å². The molecule has 0 saturated heterocycles. The van der Waals surface area contributed by atoms with Gasteiger partial charge in [0.25, 0.3) is 0 Å². The van der Waals surface area contributed by atoms with Gasteiger partial charge in [0.1, 0.15) is 5.82 Å². The van der Waals surface area contributed by atoms with Crippen LogP contribution in [0.3, 0.4) is 0 Å². The monoisotopic (exact) mass is 329 g/mol. The standard InChI is InChI=1S/C17H13BrFN/c18-16-8-7-14(19)10-15(16)17(20)13-6-5-11-3-1-2-4-12(11)9-13/h1-10,17H,20H2. The Kier molecular flexibility index (Phi) is 3.55. The van der Waals surface area contributed by atoms with Gasteiger partial charge in [0.05, 0.1) is 6.04 Å². The molecule has 0 radical (unpaired) electrons. The highest BCUT2D eigenvalue weighted by atomic mass is 79.9. The lowest BCUT2D eigenvalue weighted by Gasteiger charge is -2.15. The summed E-state index contributed by atoms with van der Waals surface area (Å²) in [5, 5.41) is 2.30. The number of nitrogens with two attached hydrogens (primary N) is 1. The molecule has 0 heterocycles. The first-order chi connectivity index (χ1) is 9.65. The number of benzene rings is 3. The zero-order chi connectivity index (χ0) is 14.1. The topological polar surface area (TPSA) is 26.0 Å². The Bertz CT molecular complexity index is 770. The summed E-state index contributed by atoms with van der Waals surface area (Å²) in [5.41, 5.74) is 8.00. The smallest absolute Gasteiger partial charge is 0.123 e. The first-order valence-electron chi connectivity index (χ1n) is 6.34. The summed E-state index contributed by atoms with van der Waals surface area (Å²) in [6.07, 6.45) is 0. The predicted octanol–water partition coefficient (Wildman–Crippen LogP) is 4.79. The molecule has 0 aliphatic heterocycles. The van der Waals surface area contributed by atoms with E-state index in [4.69, 9.17) is 5.73 Å². The molecule has 0 spiro atoms. The minimum atomic E-state index is -0.357. The molecule has 0 bridgehead atoms.